The molecule has 0 saturated heterocycles. The van der Waals surface area contributed by atoms with Crippen LogP contribution in [0.3, 0.4) is 0 Å². The third-order valence-corrected chi connectivity index (χ3v) is 2.75. The van der Waals surface area contributed by atoms with Gasteiger partial charge in [0.1, 0.15) is 0 Å². The maximum atomic E-state index is 9.62. The molecule has 0 aromatic heterocycles. The van der Waals surface area contributed by atoms with Crippen molar-refractivity contribution in [1.29, 1.82) is 0 Å². The van der Waals surface area contributed by atoms with Crippen LogP contribution in [0, 0.1) is 5.92 Å². The van der Waals surface area contributed by atoms with E-state index in [1.165, 1.54) is 0 Å². The van der Waals surface area contributed by atoms with E-state index in [1.54, 1.807) is 6.07 Å². The van der Waals surface area contributed by atoms with E-state index >= 15 is 0 Å². The number of benzene rings is 1. The van der Waals surface area contributed by atoms with E-state index in [0.29, 0.717) is 18.3 Å². The van der Waals surface area contributed by atoms with Crippen molar-refractivity contribution in [3.8, 4) is 11.5 Å². The van der Waals surface area contributed by atoms with Gasteiger partial charge >= 0.3 is 0 Å². The molecule has 0 spiro atoms. The van der Waals surface area contributed by atoms with Crippen molar-refractivity contribution < 1.29 is 14.6 Å². The van der Waals surface area contributed by atoms with Crippen LogP contribution in [-0.4, -0.2) is 31.5 Å². The summed E-state index contributed by atoms with van der Waals surface area (Å²) in [5.41, 5.74) is 1.11. The van der Waals surface area contributed by atoms with E-state index in [0.717, 1.165) is 38.3 Å². The van der Waals surface area contributed by atoms with Gasteiger partial charge in [-0.25, -0.2) is 0 Å². The molecular formula is C16H27NO3. The second-order valence-electron chi connectivity index (χ2n) is 5.23. The zero-order valence-electron chi connectivity index (χ0n) is 12.8. The third kappa shape index (κ3) is 6.78. The van der Waals surface area contributed by atoms with Gasteiger partial charge < -0.3 is 19.9 Å². The molecule has 0 saturated carbocycles. The number of rotatable bonds is 10. The number of nitrogens with one attached hydrogen (secondary N) is 1. The lowest BCUT2D eigenvalue weighted by Crippen LogP contribution is -2.17. The molecule has 20 heavy (non-hydrogen) atoms. The van der Waals surface area contributed by atoms with Gasteiger partial charge in [-0.2, -0.15) is 0 Å². The van der Waals surface area contributed by atoms with Gasteiger partial charge in [-0.3, -0.25) is 0 Å². The van der Waals surface area contributed by atoms with Crippen molar-refractivity contribution in [2.24, 2.45) is 5.92 Å². The van der Waals surface area contributed by atoms with Crippen molar-refractivity contribution >= 4 is 0 Å². The minimum Gasteiger partial charge on any atom is -0.504 e. The summed E-state index contributed by atoms with van der Waals surface area (Å²) in [7, 11) is 0. The molecule has 0 unspecified atom stereocenters. The van der Waals surface area contributed by atoms with E-state index < -0.39 is 0 Å². The van der Waals surface area contributed by atoms with E-state index in [2.05, 4.69) is 19.2 Å². The molecule has 4 nitrogen and oxygen atoms in total. The fourth-order valence-electron chi connectivity index (χ4n) is 1.79. The van der Waals surface area contributed by atoms with Crippen molar-refractivity contribution in [3.05, 3.63) is 23.8 Å². The summed E-state index contributed by atoms with van der Waals surface area (Å²) in [6.07, 6.45) is 1.00. The third-order valence-electron chi connectivity index (χ3n) is 2.75. The van der Waals surface area contributed by atoms with Crippen LogP contribution in [0.5, 0.6) is 11.5 Å². The zero-order valence-corrected chi connectivity index (χ0v) is 12.8. The monoisotopic (exact) mass is 281 g/mol. The lowest BCUT2D eigenvalue weighted by atomic mass is 10.2. The van der Waals surface area contributed by atoms with E-state index in [-0.39, 0.29) is 5.75 Å². The van der Waals surface area contributed by atoms with Crippen molar-refractivity contribution in [1.82, 2.24) is 5.32 Å². The predicted octanol–water partition coefficient (Wildman–Crippen LogP) is 2.94. The topological polar surface area (TPSA) is 50.7 Å². The van der Waals surface area contributed by atoms with Crippen LogP contribution < -0.4 is 10.1 Å². The normalized spacial score (nSPS) is 11.0. The van der Waals surface area contributed by atoms with Crippen LogP contribution in [0.25, 0.3) is 0 Å². The number of phenols is 1. The summed E-state index contributed by atoms with van der Waals surface area (Å²) in [4.78, 5) is 0. The molecule has 0 bridgehead atoms. The molecule has 0 amide bonds. The molecule has 1 aromatic rings. The van der Waals surface area contributed by atoms with Crippen molar-refractivity contribution in [2.75, 3.05) is 26.4 Å². The first kappa shape index (κ1) is 16.8. The summed E-state index contributed by atoms with van der Waals surface area (Å²) in [6, 6.07) is 5.45. The highest BCUT2D eigenvalue weighted by atomic mass is 16.5. The van der Waals surface area contributed by atoms with Crippen LogP contribution in [-0.2, 0) is 11.3 Å². The lowest BCUT2D eigenvalue weighted by Gasteiger charge is -2.10. The first-order chi connectivity index (χ1) is 9.63. The second-order valence-corrected chi connectivity index (χ2v) is 5.23. The number of phenolic OH excluding ortho intramolecular Hbond substituents is 1. The van der Waals surface area contributed by atoms with Gasteiger partial charge in [0.2, 0.25) is 0 Å². The molecule has 2 N–H and O–H groups in total. The molecule has 0 fully saturated rings. The van der Waals surface area contributed by atoms with Gasteiger partial charge in [-0.15, -0.1) is 0 Å². The minimum absolute atomic E-state index is 0.192. The Balaban J connectivity index is 2.20. The second kappa shape index (κ2) is 9.61. The largest absolute Gasteiger partial charge is 0.504 e. The molecule has 1 rings (SSSR count). The number of hydrogen-bond acceptors (Lipinski definition) is 4. The fraction of sp³-hybridized carbons (Fsp3) is 0.625. The summed E-state index contributed by atoms with van der Waals surface area (Å²) in [5, 5.41) is 13.0. The average molecular weight is 281 g/mol. The zero-order chi connectivity index (χ0) is 14.8. The van der Waals surface area contributed by atoms with Crippen molar-refractivity contribution in [2.45, 2.75) is 33.7 Å². The highest BCUT2D eigenvalue weighted by Crippen LogP contribution is 2.26. The molecule has 114 valence electrons. The van der Waals surface area contributed by atoms with E-state index in [1.807, 2.05) is 19.1 Å². The van der Waals surface area contributed by atoms with Crippen LogP contribution >= 0.6 is 0 Å². The maximum Gasteiger partial charge on any atom is 0.161 e. The van der Waals surface area contributed by atoms with E-state index in [4.69, 9.17) is 9.47 Å². The van der Waals surface area contributed by atoms with Gasteiger partial charge in [0, 0.05) is 19.8 Å². The first-order valence-corrected chi connectivity index (χ1v) is 7.36. The van der Waals surface area contributed by atoms with Crippen LogP contribution in [0.2, 0.25) is 0 Å². The van der Waals surface area contributed by atoms with Crippen LogP contribution in [0.4, 0.5) is 0 Å². The quantitative estimate of drug-likeness (QED) is 0.647. The fourth-order valence-corrected chi connectivity index (χ4v) is 1.79. The predicted molar refractivity (Wildman–Crippen MR) is 81.3 cm³/mol. The van der Waals surface area contributed by atoms with Gasteiger partial charge in [0.05, 0.1) is 6.61 Å². The standard InChI is InChI=1S/C16H27NO3/c1-4-20-16-10-14(6-7-15(16)18)11-17-8-5-9-19-12-13(2)3/h6-7,10,13,17-18H,4-5,8-9,11-12H2,1-3H3. The summed E-state index contributed by atoms with van der Waals surface area (Å²) in [5.74, 6) is 1.33. The Labute approximate surface area is 122 Å². The molecule has 0 aliphatic heterocycles. The highest BCUT2D eigenvalue weighted by Gasteiger charge is 2.03. The molecule has 0 atom stereocenters. The summed E-state index contributed by atoms with van der Waals surface area (Å²) in [6.45, 7) is 10.1. The Morgan fingerprint density at radius 3 is 2.80 bits per heavy atom. The van der Waals surface area contributed by atoms with Crippen LogP contribution in [0.1, 0.15) is 32.8 Å². The number of aromatic hydroxyl groups is 1. The average Bonchev–Trinajstić information content (AvgIpc) is 2.41. The van der Waals surface area contributed by atoms with Gasteiger partial charge in [0.15, 0.2) is 11.5 Å². The molecule has 0 aliphatic rings. The lowest BCUT2D eigenvalue weighted by molar-refractivity contribution is 0.108. The van der Waals surface area contributed by atoms with Crippen molar-refractivity contribution in [3.63, 3.8) is 0 Å². The molecule has 0 aliphatic carbocycles. The van der Waals surface area contributed by atoms with Gasteiger partial charge in [-0.05, 0) is 43.5 Å². The minimum atomic E-state index is 0.192. The molecule has 4 heteroatoms. The maximum absolute atomic E-state index is 9.62. The molecular weight excluding hydrogens is 254 g/mol. The summed E-state index contributed by atoms with van der Waals surface area (Å²) < 4.78 is 10.9. The Morgan fingerprint density at radius 1 is 1.30 bits per heavy atom. The molecule has 0 heterocycles. The number of ether oxygens (including phenoxy) is 2. The van der Waals surface area contributed by atoms with Gasteiger partial charge in [0.25, 0.3) is 0 Å². The van der Waals surface area contributed by atoms with E-state index in [9.17, 15) is 5.11 Å². The first-order valence-electron chi connectivity index (χ1n) is 7.36. The Morgan fingerprint density at radius 2 is 2.10 bits per heavy atom. The van der Waals surface area contributed by atoms with Crippen LogP contribution in [0.15, 0.2) is 18.2 Å². The molecule has 1 aromatic carbocycles. The Bertz CT molecular complexity index is 380. The van der Waals surface area contributed by atoms with Gasteiger partial charge in [-0.1, -0.05) is 19.9 Å². The smallest absolute Gasteiger partial charge is 0.161 e. The Kier molecular flexibility index (Phi) is 8.07. The Hall–Kier alpha value is -1.26. The SMILES string of the molecule is CCOc1cc(CNCCCOCC(C)C)ccc1O. The highest BCUT2D eigenvalue weighted by molar-refractivity contribution is 5.41. The molecule has 0 radical (unpaired) electrons. The summed E-state index contributed by atoms with van der Waals surface area (Å²) >= 11 is 0. The number of hydrogen-bond donors (Lipinski definition) is 2.